The zero-order valence-electron chi connectivity index (χ0n) is 12.5. The van der Waals surface area contributed by atoms with Gasteiger partial charge in [0.25, 0.3) is 0 Å². The molecule has 0 spiro atoms. The van der Waals surface area contributed by atoms with Gasteiger partial charge < -0.3 is 17.8 Å². The fraction of sp³-hybridized carbons (Fsp3) is 1.00. The maximum atomic E-state index is 5.46. The van der Waals surface area contributed by atoms with E-state index in [1.54, 1.807) is 21.3 Å². The topological polar surface area (TPSA) is 30.9 Å². The van der Waals surface area contributed by atoms with E-state index in [0.29, 0.717) is 0 Å². The Hall–Kier alpha value is 0.274. The molecule has 1 radical (unpaired) electrons. The van der Waals surface area contributed by atoms with Crippen molar-refractivity contribution in [2.75, 3.05) is 27.9 Å². The van der Waals surface area contributed by atoms with Crippen molar-refractivity contribution in [1.82, 2.24) is 4.57 Å². The summed E-state index contributed by atoms with van der Waals surface area (Å²) in [4.78, 5) is 0. The molecule has 1 unspecified atom stereocenters. The van der Waals surface area contributed by atoms with E-state index in [-0.39, 0.29) is 8.96 Å². The third kappa shape index (κ3) is 4.14. The number of nitrogens with zero attached hydrogens (tertiary/aromatic N) is 1. The monoisotopic (exact) mass is 290 g/mol. The van der Waals surface area contributed by atoms with Crippen LogP contribution in [0.2, 0.25) is 19.1 Å². The predicted molar refractivity (Wildman–Crippen MR) is 78.0 cm³/mol. The van der Waals surface area contributed by atoms with Gasteiger partial charge in [-0.05, 0) is 32.2 Å². The summed E-state index contributed by atoms with van der Waals surface area (Å²) in [6, 6.07) is 1.71. The molecule has 1 aliphatic heterocycles. The fourth-order valence-corrected chi connectivity index (χ4v) is 6.18. The highest BCUT2D eigenvalue weighted by molar-refractivity contribution is 6.60. The molecule has 6 heteroatoms. The first kappa shape index (κ1) is 16.3. The van der Waals surface area contributed by atoms with Crippen molar-refractivity contribution in [2.24, 2.45) is 0 Å². The minimum absolute atomic E-state index is 0.291. The largest absolute Gasteiger partial charge is 0.500 e. The van der Waals surface area contributed by atoms with E-state index >= 15 is 0 Å². The van der Waals surface area contributed by atoms with Gasteiger partial charge in [0.05, 0.1) is 0 Å². The van der Waals surface area contributed by atoms with Crippen LogP contribution in [0.3, 0.4) is 0 Å². The molecular weight excluding hydrogens is 262 g/mol. The molecule has 1 heterocycles. The molecule has 0 N–H and O–H groups in total. The van der Waals surface area contributed by atoms with Crippen LogP contribution in [0.25, 0.3) is 0 Å². The van der Waals surface area contributed by atoms with E-state index in [9.17, 15) is 0 Å². The fourth-order valence-electron chi connectivity index (χ4n) is 2.83. The number of hydrogen-bond acceptors (Lipinski definition) is 4. The molecule has 0 saturated carbocycles. The minimum atomic E-state index is -2.35. The van der Waals surface area contributed by atoms with Crippen molar-refractivity contribution in [2.45, 2.75) is 50.9 Å². The third-order valence-corrected chi connectivity index (χ3v) is 8.47. The van der Waals surface area contributed by atoms with Crippen LogP contribution in [0.4, 0.5) is 0 Å². The Balaban J connectivity index is 2.36. The summed E-state index contributed by atoms with van der Waals surface area (Å²) in [5.74, 6) is 0. The van der Waals surface area contributed by atoms with Crippen molar-refractivity contribution in [3.8, 4) is 0 Å². The lowest BCUT2D eigenvalue weighted by Gasteiger charge is -2.29. The molecule has 0 amide bonds. The van der Waals surface area contributed by atoms with E-state index in [0.717, 1.165) is 18.5 Å². The number of rotatable bonds is 8. The van der Waals surface area contributed by atoms with E-state index < -0.39 is 8.80 Å². The van der Waals surface area contributed by atoms with Gasteiger partial charge in [0.15, 0.2) is 0 Å². The van der Waals surface area contributed by atoms with Gasteiger partial charge in [-0.15, -0.1) is 0 Å². The first-order valence-corrected chi connectivity index (χ1v) is 11.2. The Labute approximate surface area is 115 Å². The molecule has 1 rings (SSSR count). The average molecular weight is 291 g/mol. The van der Waals surface area contributed by atoms with Gasteiger partial charge in [0, 0.05) is 33.4 Å². The molecule has 18 heavy (non-hydrogen) atoms. The summed E-state index contributed by atoms with van der Waals surface area (Å²) in [5, 5.41) is 0. The summed E-state index contributed by atoms with van der Waals surface area (Å²) in [6.07, 6.45) is 5.11. The van der Waals surface area contributed by atoms with E-state index in [4.69, 9.17) is 13.3 Å². The second kappa shape index (κ2) is 7.76. The summed E-state index contributed by atoms with van der Waals surface area (Å²) in [6.45, 7) is 6.08. The van der Waals surface area contributed by atoms with Crippen LogP contribution >= 0.6 is 0 Å². The van der Waals surface area contributed by atoms with Crippen LogP contribution in [0.1, 0.15) is 25.7 Å². The molecule has 1 aliphatic rings. The van der Waals surface area contributed by atoms with Crippen molar-refractivity contribution in [1.29, 1.82) is 0 Å². The Morgan fingerprint density at radius 1 is 1.17 bits per heavy atom. The zero-order chi connectivity index (χ0) is 13.6. The second-order valence-corrected chi connectivity index (χ2v) is 10.7. The Kier molecular flexibility index (Phi) is 7.04. The molecule has 1 saturated heterocycles. The van der Waals surface area contributed by atoms with Crippen LogP contribution in [-0.4, -0.2) is 56.2 Å². The Morgan fingerprint density at radius 3 is 2.28 bits per heavy atom. The lowest BCUT2D eigenvalue weighted by molar-refractivity contribution is 0.122. The van der Waals surface area contributed by atoms with Gasteiger partial charge in [-0.3, -0.25) is 0 Å². The zero-order valence-corrected chi connectivity index (χ0v) is 14.5. The van der Waals surface area contributed by atoms with E-state index in [2.05, 4.69) is 17.7 Å². The predicted octanol–water partition coefficient (Wildman–Crippen LogP) is 2.36. The van der Waals surface area contributed by atoms with Gasteiger partial charge in [-0.2, -0.15) is 0 Å². The van der Waals surface area contributed by atoms with Gasteiger partial charge in [0.2, 0.25) is 0 Å². The molecule has 0 bridgehead atoms. The average Bonchev–Trinajstić information content (AvgIpc) is 2.84. The van der Waals surface area contributed by atoms with Crippen molar-refractivity contribution < 1.29 is 13.3 Å². The first-order valence-electron chi connectivity index (χ1n) is 6.81. The normalized spacial score (nSPS) is 22.0. The quantitative estimate of drug-likeness (QED) is 0.642. The molecule has 4 nitrogen and oxygen atoms in total. The van der Waals surface area contributed by atoms with Crippen molar-refractivity contribution in [3.63, 3.8) is 0 Å². The molecule has 1 fully saturated rings. The standard InChI is InChI=1S/C12H28NO3Si2/c1-14-18(15-2,16-3)11-7-9-12-8-6-10-13(12)17(4)5/h12H,6-11H2,1-5H3. The van der Waals surface area contributed by atoms with Gasteiger partial charge in [0.1, 0.15) is 8.96 Å². The maximum Gasteiger partial charge on any atom is 0.500 e. The first-order chi connectivity index (χ1) is 8.58. The molecule has 0 aromatic carbocycles. The smallest absolute Gasteiger partial charge is 0.377 e. The highest BCUT2D eigenvalue weighted by Gasteiger charge is 2.37. The summed E-state index contributed by atoms with van der Waals surface area (Å²) in [7, 11) is 2.44. The molecular formula is C12H28NO3Si2. The van der Waals surface area contributed by atoms with Crippen LogP contribution in [0.5, 0.6) is 0 Å². The number of hydrogen-bond donors (Lipinski definition) is 0. The molecule has 0 aliphatic carbocycles. The molecule has 0 aromatic heterocycles. The Morgan fingerprint density at radius 2 is 1.78 bits per heavy atom. The highest BCUT2D eigenvalue weighted by atomic mass is 28.4. The van der Waals surface area contributed by atoms with E-state index in [1.807, 2.05) is 0 Å². The molecule has 1 atom stereocenters. The lowest BCUT2D eigenvalue weighted by Crippen LogP contribution is -2.43. The Bertz CT molecular complexity index is 229. The van der Waals surface area contributed by atoms with Gasteiger partial charge >= 0.3 is 8.80 Å². The summed E-state index contributed by atoms with van der Waals surface area (Å²) in [5.41, 5.74) is 0. The minimum Gasteiger partial charge on any atom is -0.377 e. The van der Waals surface area contributed by atoms with Crippen molar-refractivity contribution >= 4 is 17.8 Å². The maximum absolute atomic E-state index is 5.46. The third-order valence-electron chi connectivity index (χ3n) is 3.90. The SMILES string of the molecule is CO[Si](CCCC1CCCN1[Si](C)C)(OC)OC. The van der Waals surface area contributed by atoms with Crippen LogP contribution in [0, 0.1) is 0 Å². The molecule has 0 aromatic rings. The van der Waals surface area contributed by atoms with Gasteiger partial charge in [-0.25, -0.2) is 0 Å². The van der Waals surface area contributed by atoms with Crippen LogP contribution in [0.15, 0.2) is 0 Å². The second-order valence-electron chi connectivity index (χ2n) is 5.12. The van der Waals surface area contributed by atoms with Crippen molar-refractivity contribution in [3.05, 3.63) is 0 Å². The highest BCUT2D eigenvalue weighted by Crippen LogP contribution is 2.25. The summed E-state index contributed by atoms with van der Waals surface area (Å²) >= 11 is 0. The van der Waals surface area contributed by atoms with E-state index in [1.165, 1.54) is 25.8 Å². The molecule has 107 valence electrons. The summed E-state index contributed by atoms with van der Waals surface area (Å²) < 4.78 is 19.1. The lowest BCUT2D eigenvalue weighted by atomic mass is 10.1. The van der Waals surface area contributed by atoms with Crippen LogP contribution < -0.4 is 0 Å². The van der Waals surface area contributed by atoms with Crippen LogP contribution in [-0.2, 0) is 13.3 Å². The van der Waals surface area contributed by atoms with Gasteiger partial charge in [-0.1, -0.05) is 13.1 Å².